The number of ether oxygens (including phenoxy) is 1. The zero-order valence-corrected chi connectivity index (χ0v) is 21.9. The minimum absolute atomic E-state index is 0.0348. The molecule has 1 fully saturated rings. The molecule has 0 aliphatic heterocycles. The second kappa shape index (κ2) is 10.4. The van der Waals surface area contributed by atoms with Crippen LogP contribution in [0, 0.1) is 5.82 Å². The molecule has 2 atom stereocenters. The Balaban J connectivity index is 1.91. The highest BCUT2D eigenvalue weighted by Gasteiger charge is 2.54. The van der Waals surface area contributed by atoms with E-state index in [1.165, 1.54) is 38.4 Å². The Bertz CT molecular complexity index is 1460. The number of nitrogens with one attached hydrogen (secondary N) is 1. The van der Waals surface area contributed by atoms with Crippen LogP contribution in [0.3, 0.4) is 0 Å². The molecule has 4 rings (SSSR count). The molecule has 1 N–H and O–H groups in total. The zero-order valence-electron chi connectivity index (χ0n) is 21.9. The van der Waals surface area contributed by atoms with Crippen molar-refractivity contribution < 1.29 is 22.3 Å². The predicted octanol–water partition coefficient (Wildman–Crippen LogP) is 4.13. The molecular formula is C26H31F4N5O3. The third-order valence-corrected chi connectivity index (χ3v) is 6.92. The van der Waals surface area contributed by atoms with Gasteiger partial charge in [-0.15, -0.1) is 0 Å². The van der Waals surface area contributed by atoms with Crippen LogP contribution in [0.2, 0.25) is 0 Å². The predicted molar refractivity (Wildman–Crippen MR) is 136 cm³/mol. The fraction of sp³-hybridized carbons (Fsp3) is 0.500. The van der Waals surface area contributed by atoms with Crippen LogP contribution in [-0.4, -0.2) is 52.9 Å². The van der Waals surface area contributed by atoms with E-state index in [-0.39, 0.29) is 52.9 Å². The van der Waals surface area contributed by atoms with Gasteiger partial charge in [-0.25, -0.2) is 22.2 Å². The molecule has 206 valence electrons. The third-order valence-electron chi connectivity index (χ3n) is 6.92. The second-order valence-corrected chi connectivity index (χ2v) is 9.99. The number of alkyl halides is 3. The lowest BCUT2D eigenvalue weighted by molar-refractivity contribution is 0.0648. The Morgan fingerprint density at radius 1 is 1.13 bits per heavy atom. The highest BCUT2D eigenvalue weighted by atomic mass is 19.3. The maximum atomic E-state index is 15.1. The number of aromatic nitrogens is 3. The van der Waals surface area contributed by atoms with Crippen molar-refractivity contribution in [3.05, 3.63) is 62.0 Å². The van der Waals surface area contributed by atoms with Gasteiger partial charge in [-0.2, -0.15) is 5.10 Å². The van der Waals surface area contributed by atoms with Gasteiger partial charge in [0.2, 0.25) is 0 Å². The molecule has 0 bridgehead atoms. The summed E-state index contributed by atoms with van der Waals surface area (Å²) in [6, 6.07) is 3.61. The van der Waals surface area contributed by atoms with Gasteiger partial charge >= 0.3 is 0 Å². The standard InChI is InChI=1S/C26H31F4N5O3/c1-14(27)16-7-6-8-17(20(16)28)15(2)31-22-18-13-35(26(9-10-26)25(29)30)24(37)21(38-12-11-33(3)4)19(18)23(36)34(5)32-22/h6-8,13-15,25H,9-12H2,1-5H3,(H,31,32)/t14?,15-/m1/s1. The van der Waals surface area contributed by atoms with Crippen molar-refractivity contribution >= 4 is 16.6 Å². The lowest BCUT2D eigenvalue weighted by atomic mass is 10.0. The number of rotatable bonds is 10. The van der Waals surface area contributed by atoms with Crippen molar-refractivity contribution in [2.45, 2.75) is 50.9 Å². The minimum Gasteiger partial charge on any atom is -0.486 e. The third kappa shape index (κ3) is 4.89. The minimum atomic E-state index is -2.82. The summed E-state index contributed by atoms with van der Waals surface area (Å²) in [6.45, 7) is 3.30. The first-order chi connectivity index (χ1) is 17.9. The molecule has 1 aromatic carbocycles. The van der Waals surface area contributed by atoms with Gasteiger partial charge in [-0.05, 0) is 40.8 Å². The Labute approximate surface area is 216 Å². The van der Waals surface area contributed by atoms with E-state index in [1.54, 1.807) is 25.9 Å². The number of aryl methyl sites for hydroxylation is 1. The highest BCUT2D eigenvalue weighted by molar-refractivity contribution is 5.94. The number of nitrogens with zero attached hydrogens (tertiary/aromatic N) is 4. The summed E-state index contributed by atoms with van der Waals surface area (Å²) in [5, 5.41) is 7.24. The van der Waals surface area contributed by atoms with E-state index in [0.717, 1.165) is 9.25 Å². The Morgan fingerprint density at radius 2 is 1.79 bits per heavy atom. The van der Waals surface area contributed by atoms with Gasteiger partial charge in [0.15, 0.2) is 11.6 Å². The maximum Gasteiger partial charge on any atom is 0.294 e. The van der Waals surface area contributed by atoms with E-state index in [1.807, 2.05) is 0 Å². The molecule has 0 radical (unpaired) electrons. The second-order valence-electron chi connectivity index (χ2n) is 9.99. The molecule has 2 heterocycles. The lowest BCUT2D eigenvalue weighted by Gasteiger charge is -2.23. The summed E-state index contributed by atoms with van der Waals surface area (Å²) < 4.78 is 64.8. The molecule has 1 aliphatic rings. The van der Waals surface area contributed by atoms with Gasteiger partial charge in [0.1, 0.15) is 29.5 Å². The molecule has 0 spiro atoms. The highest BCUT2D eigenvalue weighted by Crippen LogP contribution is 2.48. The van der Waals surface area contributed by atoms with Crippen LogP contribution in [0.15, 0.2) is 34.0 Å². The number of halogens is 4. The monoisotopic (exact) mass is 537 g/mol. The largest absolute Gasteiger partial charge is 0.486 e. The van der Waals surface area contributed by atoms with Gasteiger partial charge in [0, 0.05) is 30.9 Å². The average molecular weight is 538 g/mol. The smallest absolute Gasteiger partial charge is 0.294 e. The van der Waals surface area contributed by atoms with E-state index in [9.17, 15) is 22.8 Å². The van der Waals surface area contributed by atoms with Crippen LogP contribution < -0.4 is 21.2 Å². The van der Waals surface area contributed by atoms with E-state index < -0.39 is 41.1 Å². The summed E-state index contributed by atoms with van der Waals surface area (Å²) in [4.78, 5) is 28.4. The summed E-state index contributed by atoms with van der Waals surface area (Å²) in [5.74, 6) is -1.01. The quantitative estimate of drug-likeness (QED) is 0.392. The normalized spacial score (nSPS) is 16.2. The van der Waals surface area contributed by atoms with Crippen molar-refractivity contribution in [1.29, 1.82) is 0 Å². The first kappa shape index (κ1) is 27.6. The summed E-state index contributed by atoms with van der Waals surface area (Å²) >= 11 is 0. The van der Waals surface area contributed by atoms with Crippen LogP contribution in [0.5, 0.6) is 5.75 Å². The van der Waals surface area contributed by atoms with Gasteiger partial charge in [-0.1, -0.05) is 18.2 Å². The maximum absolute atomic E-state index is 15.1. The molecule has 2 aromatic heterocycles. The fourth-order valence-corrected chi connectivity index (χ4v) is 4.48. The van der Waals surface area contributed by atoms with Crippen LogP contribution in [0.4, 0.5) is 23.4 Å². The fourth-order valence-electron chi connectivity index (χ4n) is 4.48. The molecule has 0 saturated heterocycles. The Morgan fingerprint density at radius 3 is 2.37 bits per heavy atom. The molecule has 12 heteroatoms. The summed E-state index contributed by atoms with van der Waals surface area (Å²) in [6.07, 6.45) is -2.97. The molecule has 0 amide bonds. The lowest BCUT2D eigenvalue weighted by Crippen LogP contribution is -2.37. The van der Waals surface area contributed by atoms with Gasteiger partial charge in [0.05, 0.1) is 11.4 Å². The molecule has 38 heavy (non-hydrogen) atoms. The summed E-state index contributed by atoms with van der Waals surface area (Å²) in [5.41, 5.74) is -3.13. The van der Waals surface area contributed by atoms with Gasteiger partial charge < -0.3 is 15.0 Å². The number of pyridine rings is 1. The van der Waals surface area contributed by atoms with Crippen LogP contribution in [0.1, 0.15) is 50.0 Å². The summed E-state index contributed by atoms with van der Waals surface area (Å²) in [7, 11) is 4.97. The number of benzene rings is 1. The first-order valence-electron chi connectivity index (χ1n) is 12.3. The van der Waals surface area contributed by atoms with Crippen LogP contribution >= 0.6 is 0 Å². The Kier molecular flexibility index (Phi) is 7.55. The number of hydrogen-bond acceptors (Lipinski definition) is 6. The first-order valence-corrected chi connectivity index (χ1v) is 12.3. The van der Waals surface area contributed by atoms with Crippen molar-refractivity contribution in [3.63, 3.8) is 0 Å². The zero-order chi connectivity index (χ0) is 27.9. The van der Waals surface area contributed by atoms with Crippen molar-refractivity contribution in [3.8, 4) is 5.75 Å². The van der Waals surface area contributed by atoms with Crippen LogP contribution in [0.25, 0.3) is 10.8 Å². The van der Waals surface area contributed by atoms with E-state index in [4.69, 9.17) is 4.74 Å². The van der Waals surface area contributed by atoms with Gasteiger partial charge in [0.25, 0.3) is 17.5 Å². The van der Waals surface area contributed by atoms with E-state index in [0.29, 0.717) is 6.54 Å². The topological polar surface area (TPSA) is 81.4 Å². The van der Waals surface area contributed by atoms with Gasteiger partial charge in [-0.3, -0.25) is 14.2 Å². The molecule has 1 aliphatic carbocycles. The molecule has 1 unspecified atom stereocenters. The number of anilines is 1. The number of likely N-dealkylation sites (N-methyl/N-ethyl adjacent to an activating group) is 1. The van der Waals surface area contributed by atoms with Crippen LogP contribution in [-0.2, 0) is 12.6 Å². The Hall–Kier alpha value is -3.41. The molecule has 3 aromatic rings. The average Bonchev–Trinajstić information content (AvgIpc) is 3.65. The van der Waals surface area contributed by atoms with E-state index in [2.05, 4.69) is 10.4 Å². The number of fused-ring (bicyclic) bond motifs is 1. The van der Waals surface area contributed by atoms with Crippen molar-refractivity contribution in [1.82, 2.24) is 19.2 Å². The molecular weight excluding hydrogens is 506 g/mol. The van der Waals surface area contributed by atoms with E-state index >= 15 is 4.39 Å². The van der Waals surface area contributed by atoms with Crippen molar-refractivity contribution in [2.75, 3.05) is 32.6 Å². The SMILES string of the molecule is CC(F)c1cccc([C@@H](C)Nc2nn(C)c(=O)c3c(OCCN(C)C)c(=O)n(C4(C(F)F)CC4)cc23)c1F. The molecule has 8 nitrogen and oxygen atoms in total. The number of hydrogen-bond donors (Lipinski definition) is 1. The van der Waals surface area contributed by atoms with Crippen molar-refractivity contribution in [2.24, 2.45) is 7.05 Å². The molecule has 1 saturated carbocycles.